The van der Waals surface area contributed by atoms with Crippen LogP contribution in [0, 0.1) is 0 Å². The Morgan fingerprint density at radius 2 is 1.23 bits per heavy atom. The molecule has 1 rings (SSSR count). The van der Waals surface area contributed by atoms with E-state index in [9.17, 15) is 24.0 Å². The molecular weight excluding hydrogens is 414 g/mol. The highest BCUT2D eigenvalue weighted by Gasteiger charge is 2.52. The van der Waals surface area contributed by atoms with Crippen molar-refractivity contribution in [1.82, 2.24) is 5.32 Å². The molecule has 1 aliphatic heterocycles. The van der Waals surface area contributed by atoms with E-state index in [-0.39, 0.29) is 32.3 Å². The van der Waals surface area contributed by atoms with Gasteiger partial charge in [-0.3, -0.25) is 24.0 Å². The molecule has 0 radical (unpaired) electrons. The summed E-state index contributed by atoms with van der Waals surface area (Å²) in [7, 11) is 0. The van der Waals surface area contributed by atoms with Crippen molar-refractivity contribution in [2.75, 3.05) is 6.61 Å². The number of amides is 1. The van der Waals surface area contributed by atoms with Crippen LogP contribution in [0.25, 0.3) is 0 Å². The lowest BCUT2D eigenvalue weighted by Crippen LogP contribution is -2.67. The first-order chi connectivity index (χ1) is 14.7. The van der Waals surface area contributed by atoms with Crippen molar-refractivity contribution in [2.24, 2.45) is 0 Å². The summed E-state index contributed by atoms with van der Waals surface area (Å²) in [5.74, 6) is -2.93. The summed E-state index contributed by atoms with van der Waals surface area (Å²) in [6.45, 7) is 7.18. The molecule has 11 nitrogen and oxygen atoms in total. The van der Waals surface area contributed by atoms with Gasteiger partial charge in [0.05, 0.1) is 0 Å². The Balaban J connectivity index is 3.37. The van der Waals surface area contributed by atoms with Crippen molar-refractivity contribution in [2.45, 2.75) is 90.9 Å². The zero-order valence-electron chi connectivity index (χ0n) is 18.5. The molecule has 31 heavy (non-hydrogen) atoms. The minimum absolute atomic E-state index is 0.00743. The van der Waals surface area contributed by atoms with E-state index < -0.39 is 60.4 Å². The summed E-state index contributed by atoms with van der Waals surface area (Å²) >= 11 is 0. The number of hydrogen-bond donors (Lipinski definition) is 1. The predicted molar refractivity (Wildman–Crippen MR) is 104 cm³/mol. The van der Waals surface area contributed by atoms with Crippen LogP contribution in [0.3, 0.4) is 0 Å². The fourth-order valence-corrected chi connectivity index (χ4v) is 2.77. The number of carbonyl (C=O) groups excluding carboxylic acids is 5. The molecule has 1 N–H and O–H groups in total. The van der Waals surface area contributed by atoms with Crippen LogP contribution in [-0.2, 0) is 47.7 Å². The van der Waals surface area contributed by atoms with E-state index in [4.69, 9.17) is 23.7 Å². The van der Waals surface area contributed by atoms with Crippen molar-refractivity contribution in [3.63, 3.8) is 0 Å². The van der Waals surface area contributed by atoms with Crippen LogP contribution in [0.2, 0.25) is 0 Å². The lowest BCUT2D eigenvalue weighted by atomic mass is 9.96. The molecular formula is C20H31NO10. The van der Waals surface area contributed by atoms with Gasteiger partial charge >= 0.3 is 23.9 Å². The molecule has 176 valence electrons. The van der Waals surface area contributed by atoms with Crippen molar-refractivity contribution in [3.05, 3.63) is 0 Å². The summed E-state index contributed by atoms with van der Waals surface area (Å²) < 4.78 is 27.1. The molecule has 0 bridgehead atoms. The van der Waals surface area contributed by atoms with E-state index in [2.05, 4.69) is 5.32 Å². The molecule has 0 aromatic carbocycles. The molecule has 1 amide bonds. The van der Waals surface area contributed by atoms with Gasteiger partial charge in [-0.15, -0.1) is 0 Å². The summed E-state index contributed by atoms with van der Waals surface area (Å²) in [5, 5.41) is 2.54. The quantitative estimate of drug-likeness (QED) is 0.378. The van der Waals surface area contributed by atoms with Crippen LogP contribution in [-0.4, -0.2) is 67.0 Å². The van der Waals surface area contributed by atoms with Crippen LogP contribution in [0.1, 0.15) is 60.3 Å². The van der Waals surface area contributed by atoms with Crippen LogP contribution in [0.4, 0.5) is 0 Å². The van der Waals surface area contributed by atoms with Gasteiger partial charge in [0.2, 0.25) is 12.2 Å². The number of ether oxygens (including phenoxy) is 5. The van der Waals surface area contributed by atoms with Gasteiger partial charge in [-0.2, -0.15) is 0 Å². The number of carbonyl (C=O) groups is 5. The van der Waals surface area contributed by atoms with Crippen molar-refractivity contribution in [3.8, 4) is 0 Å². The molecule has 1 aliphatic rings. The molecule has 11 heteroatoms. The average Bonchev–Trinajstić information content (AvgIpc) is 2.75. The van der Waals surface area contributed by atoms with E-state index in [0.717, 1.165) is 0 Å². The normalized spacial score (nSPS) is 25.1. The molecule has 0 aromatic heterocycles. The minimum Gasteiger partial charge on any atom is -0.463 e. The van der Waals surface area contributed by atoms with Gasteiger partial charge in [0.1, 0.15) is 18.8 Å². The first-order valence-electron chi connectivity index (χ1n) is 10.3. The SMILES string of the molecule is CCC(=O)OC[C@H]1OC(OC(=O)CC)[C@H](NC(C)=O)[C@@H](OC(=O)CC)[C@H]1OC(=O)CC. The summed E-state index contributed by atoms with van der Waals surface area (Å²) in [4.78, 5) is 59.5. The maximum atomic E-state index is 12.1. The number of nitrogens with one attached hydrogen (secondary N) is 1. The third-order valence-electron chi connectivity index (χ3n) is 4.36. The zero-order chi connectivity index (χ0) is 23.6. The molecule has 0 aromatic rings. The van der Waals surface area contributed by atoms with Gasteiger partial charge in [0.15, 0.2) is 12.2 Å². The van der Waals surface area contributed by atoms with Gasteiger partial charge in [-0.25, -0.2) is 0 Å². The summed E-state index contributed by atoms with van der Waals surface area (Å²) in [6.07, 6.45) is -4.80. The maximum Gasteiger partial charge on any atom is 0.307 e. The number of rotatable bonds is 10. The molecule has 0 spiro atoms. The maximum absolute atomic E-state index is 12.1. The highest BCUT2D eigenvalue weighted by molar-refractivity contribution is 5.74. The highest BCUT2D eigenvalue weighted by Crippen LogP contribution is 2.28. The second-order valence-electron chi connectivity index (χ2n) is 6.77. The Kier molecular flexibility index (Phi) is 10.9. The number of hydrogen-bond acceptors (Lipinski definition) is 10. The lowest BCUT2D eigenvalue weighted by Gasteiger charge is -2.44. The van der Waals surface area contributed by atoms with E-state index in [1.54, 1.807) is 27.7 Å². The third-order valence-corrected chi connectivity index (χ3v) is 4.36. The van der Waals surface area contributed by atoms with Crippen LogP contribution in [0.5, 0.6) is 0 Å². The average molecular weight is 445 g/mol. The number of esters is 4. The largest absolute Gasteiger partial charge is 0.463 e. The van der Waals surface area contributed by atoms with E-state index in [1.807, 2.05) is 0 Å². The lowest BCUT2D eigenvalue weighted by molar-refractivity contribution is -0.272. The third kappa shape index (κ3) is 8.16. The molecule has 1 heterocycles. The second kappa shape index (κ2) is 12.9. The molecule has 0 saturated carbocycles. The smallest absolute Gasteiger partial charge is 0.307 e. The fraction of sp³-hybridized carbons (Fsp3) is 0.750. The van der Waals surface area contributed by atoms with Crippen LogP contribution >= 0.6 is 0 Å². The standard InChI is InChI=1S/C20H31NO10/c1-6-13(23)27-10-12-18(29-14(24)7-2)19(30-15(25)8-3)17(21-11(5)22)20(28-12)31-16(26)9-4/h12,17-20H,6-10H2,1-5H3,(H,21,22)/t12-,17-,18+,19-,20?/m1/s1. The topological polar surface area (TPSA) is 144 Å². The Labute approximate surface area is 181 Å². The summed E-state index contributed by atoms with van der Waals surface area (Å²) in [6, 6.07) is -1.16. The van der Waals surface area contributed by atoms with Crippen LogP contribution < -0.4 is 5.32 Å². The first kappa shape index (κ1) is 26.3. The molecule has 1 saturated heterocycles. The molecule has 0 aliphatic carbocycles. The summed E-state index contributed by atoms with van der Waals surface area (Å²) in [5.41, 5.74) is 0. The minimum atomic E-state index is -1.37. The fourth-order valence-electron chi connectivity index (χ4n) is 2.77. The van der Waals surface area contributed by atoms with Gasteiger partial charge in [0.25, 0.3) is 0 Å². The van der Waals surface area contributed by atoms with Gasteiger partial charge < -0.3 is 29.0 Å². The zero-order valence-corrected chi connectivity index (χ0v) is 18.5. The van der Waals surface area contributed by atoms with Crippen molar-refractivity contribution < 1.29 is 47.7 Å². The van der Waals surface area contributed by atoms with Gasteiger partial charge in [-0.1, -0.05) is 27.7 Å². The molecule has 1 fully saturated rings. The van der Waals surface area contributed by atoms with Crippen molar-refractivity contribution >= 4 is 29.8 Å². The van der Waals surface area contributed by atoms with Crippen LogP contribution in [0.15, 0.2) is 0 Å². The molecule has 1 unspecified atom stereocenters. The van der Waals surface area contributed by atoms with Crippen molar-refractivity contribution in [1.29, 1.82) is 0 Å². The monoisotopic (exact) mass is 445 g/mol. The Morgan fingerprint density at radius 3 is 1.71 bits per heavy atom. The highest BCUT2D eigenvalue weighted by atomic mass is 16.7. The Hall–Kier alpha value is -2.69. The predicted octanol–water partition coefficient (Wildman–Crippen LogP) is 0.766. The Bertz CT molecular complexity index is 664. The van der Waals surface area contributed by atoms with E-state index in [0.29, 0.717) is 0 Å². The van der Waals surface area contributed by atoms with Gasteiger partial charge in [-0.05, 0) is 0 Å². The van der Waals surface area contributed by atoms with E-state index in [1.165, 1.54) is 6.92 Å². The first-order valence-corrected chi connectivity index (χ1v) is 10.3. The van der Waals surface area contributed by atoms with Gasteiger partial charge in [0, 0.05) is 32.6 Å². The Morgan fingerprint density at radius 1 is 0.742 bits per heavy atom. The second-order valence-corrected chi connectivity index (χ2v) is 6.77. The van der Waals surface area contributed by atoms with E-state index >= 15 is 0 Å². The molecule has 5 atom stereocenters.